The standard InChI is InChI=1S/C19H23N3O2/c23-18-10-7-15(8-11-18)6-9-17-5-1-2-13-22(17)19(24)21-16-4-3-12-20-14-16/h3-4,7-8,10-12,14,17,23H,1-2,5-6,9,13H2,(H,21,24). The first kappa shape index (κ1) is 16.3. The van der Waals surface area contributed by atoms with Gasteiger partial charge in [-0.05, 0) is 61.9 Å². The number of aromatic nitrogens is 1. The number of carbonyl (C=O) groups excluding carboxylic acids is 1. The second-order valence-corrected chi connectivity index (χ2v) is 6.22. The van der Waals surface area contributed by atoms with Crippen LogP contribution in [0.25, 0.3) is 0 Å². The molecule has 0 saturated carbocycles. The van der Waals surface area contributed by atoms with E-state index in [1.54, 1.807) is 24.5 Å². The minimum absolute atomic E-state index is 0.0431. The molecule has 1 aliphatic heterocycles. The number of likely N-dealkylation sites (tertiary alicyclic amines) is 1. The van der Waals surface area contributed by atoms with Crippen LogP contribution in [0.3, 0.4) is 0 Å². The molecule has 0 bridgehead atoms. The van der Waals surface area contributed by atoms with Gasteiger partial charge in [0.2, 0.25) is 0 Å². The molecule has 1 aromatic heterocycles. The van der Waals surface area contributed by atoms with E-state index in [1.807, 2.05) is 29.2 Å². The lowest BCUT2D eigenvalue weighted by Crippen LogP contribution is -2.46. The molecule has 3 rings (SSSR count). The fraction of sp³-hybridized carbons (Fsp3) is 0.368. The van der Waals surface area contributed by atoms with Gasteiger partial charge in [0, 0.05) is 18.8 Å². The maximum absolute atomic E-state index is 12.6. The van der Waals surface area contributed by atoms with Crippen LogP contribution < -0.4 is 5.32 Å². The van der Waals surface area contributed by atoms with Crippen LogP contribution in [-0.4, -0.2) is 33.6 Å². The second kappa shape index (κ2) is 7.81. The minimum atomic E-state index is -0.0431. The first-order chi connectivity index (χ1) is 11.7. The third kappa shape index (κ3) is 4.25. The van der Waals surface area contributed by atoms with Gasteiger partial charge in [0.15, 0.2) is 0 Å². The number of benzene rings is 1. The van der Waals surface area contributed by atoms with E-state index < -0.39 is 0 Å². The largest absolute Gasteiger partial charge is 0.508 e. The summed E-state index contributed by atoms with van der Waals surface area (Å²) in [7, 11) is 0. The van der Waals surface area contributed by atoms with Crippen molar-refractivity contribution in [3.63, 3.8) is 0 Å². The van der Waals surface area contributed by atoms with Crippen LogP contribution in [0.2, 0.25) is 0 Å². The molecule has 1 saturated heterocycles. The summed E-state index contributed by atoms with van der Waals surface area (Å²) in [5.41, 5.74) is 1.91. The van der Waals surface area contributed by atoms with Crippen LogP contribution in [0.15, 0.2) is 48.8 Å². The number of piperidine rings is 1. The van der Waals surface area contributed by atoms with Crippen molar-refractivity contribution in [1.82, 2.24) is 9.88 Å². The van der Waals surface area contributed by atoms with Gasteiger partial charge in [-0.1, -0.05) is 12.1 Å². The predicted molar refractivity (Wildman–Crippen MR) is 94.0 cm³/mol. The summed E-state index contributed by atoms with van der Waals surface area (Å²) in [4.78, 5) is 18.6. The summed E-state index contributed by atoms with van der Waals surface area (Å²) < 4.78 is 0. The Kier molecular flexibility index (Phi) is 5.31. The summed E-state index contributed by atoms with van der Waals surface area (Å²) in [5.74, 6) is 0.286. The first-order valence-corrected chi connectivity index (χ1v) is 8.48. The third-order valence-corrected chi connectivity index (χ3v) is 4.50. The average molecular weight is 325 g/mol. The predicted octanol–water partition coefficient (Wildman–Crippen LogP) is 3.81. The zero-order chi connectivity index (χ0) is 16.8. The van der Waals surface area contributed by atoms with E-state index in [1.165, 1.54) is 5.56 Å². The molecule has 1 unspecified atom stereocenters. The van der Waals surface area contributed by atoms with Gasteiger partial charge in [-0.25, -0.2) is 4.79 Å². The Bertz CT molecular complexity index is 658. The normalized spacial score (nSPS) is 17.5. The topological polar surface area (TPSA) is 65.5 Å². The van der Waals surface area contributed by atoms with Crippen LogP contribution in [-0.2, 0) is 6.42 Å². The highest BCUT2D eigenvalue weighted by Crippen LogP contribution is 2.23. The summed E-state index contributed by atoms with van der Waals surface area (Å²) in [6, 6.07) is 11.2. The van der Waals surface area contributed by atoms with E-state index in [9.17, 15) is 9.90 Å². The fourth-order valence-electron chi connectivity index (χ4n) is 3.20. The highest BCUT2D eigenvalue weighted by molar-refractivity contribution is 5.89. The SMILES string of the molecule is O=C(Nc1cccnc1)N1CCCCC1CCc1ccc(O)cc1. The Morgan fingerprint density at radius 2 is 2.08 bits per heavy atom. The van der Waals surface area contributed by atoms with Crippen LogP contribution >= 0.6 is 0 Å². The number of phenolic OH excluding ortho intramolecular Hbond substituents is 1. The number of amides is 2. The van der Waals surface area contributed by atoms with E-state index in [-0.39, 0.29) is 17.8 Å². The van der Waals surface area contributed by atoms with Gasteiger partial charge in [-0.3, -0.25) is 4.98 Å². The zero-order valence-corrected chi connectivity index (χ0v) is 13.7. The van der Waals surface area contributed by atoms with Crippen molar-refractivity contribution in [1.29, 1.82) is 0 Å². The van der Waals surface area contributed by atoms with Crippen molar-refractivity contribution in [2.75, 3.05) is 11.9 Å². The number of rotatable bonds is 4. The van der Waals surface area contributed by atoms with E-state index in [0.717, 1.165) is 44.3 Å². The lowest BCUT2D eigenvalue weighted by molar-refractivity contribution is 0.158. The highest BCUT2D eigenvalue weighted by atomic mass is 16.3. The molecule has 2 amide bonds. The van der Waals surface area contributed by atoms with Gasteiger partial charge in [-0.15, -0.1) is 0 Å². The molecular formula is C19H23N3O2. The quantitative estimate of drug-likeness (QED) is 0.898. The number of aromatic hydroxyl groups is 1. The van der Waals surface area contributed by atoms with Gasteiger partial charge in [-0.2, -0.15) is 0 Å². The number of urea groups is 1. The number of pyridine rings is 1. The van der Waals surface area contributed by atoms with E-state index in [4.69, 9.17) is 0 Å². The van der Waals surface area contributed by atoms with Crippen molar-refractivity contribution < 1.29 is 9.90 Å². The average Bonchev–Trinajstić information content (AvgIpc) is 2.62. The molecule has 0 spiro atoms. The Morgan fingerprint density at radius 1 is 1.25 bits per heavy atom. The maximum Gasteiger partial charge on any atom is 0.322 e. The molecule has 1 aliphatic rings. The Labute approximate surface area is 142 Å². The van der Waals surface area contributed by atoms with Crippen LogP contribution in [0.4, 0.5) is 10.5 Å². The van der Waals surface area contributed by atoms with Crippen molar-refractivity contribution >= 4 is 11.7 Å². The molecule has 2 aromatic rings. The van der Waals surface area contributed by atoms with Crippen molar-refractivity contribution in [3.05, 3.63) is 54.4 Å². The smallest absolute Gasteiger partial charge is 0.322 e. The molecule has 5 heteroatoms. The summed E-state index contributed by atoms with van der Waals surface area (Å²) in [6.45, 7) is 0.798. The molecule has 2 heterocycles. The van der Waals surface area contributed by atoms with Gasteiger partial charge < -0.3 is 15.3 Å². The Morgan fingerprint density at radius 3 is 2.83 bits per heavy atom. The molecule has 0 aliphatic carbocycles. The summed E-state index contributed by atoms with van der Waals surface area (Å²) in [6.07, 6.45) is 8.45. The summed E-state index contributed by atoms with van der Waals surface area (Å²) >= 11 is 0. The molecule has 126 valence electrons. The first-order valence-electron chi connectivity index (χ1n) is 8.48. The molecule has 2 N–H and O–H groups in total. The molecule has 0 radical (unpaired) electrons. The zero-order valence-electron chi connectivity index (χ0n) is 13.7. The number of nitrogens with zero attached hydrogens (tertiary/aromatic N) is 2. The minimum Gasteiger partial charge on any atom is -0.508 e. The van der Waals surface area contributed by atoms with Crippen molar-refractivity contribution in [2.24, 2.45) is 0 Å². The number of aryl methyl sites for hydroxylation is 1. The molecule has 24 heavy (non-hydrogen) atoms. The molecule has 1 fully saturated rings. The lowest BCUT2D eigenvalue weighted by atomic mass is 9.96. The summed E-state index contributed by atoms with van der Waals surface area (Å²) in [5, 5.41) is 12.3. The van der Waals surface area contributed by atoms with Gasteiger partial charge in [0.05, 0.1) is 11.9 Å². The van der Waals surface area contributed by atoms with E-state index >= 15 is 0 Å². The van der Waals surface area contributed by atoms with Crippen LogP contribution in [0, 0.1) is 0 Å². The Hall–Kier alpha value is -2.56. The van der Waals surface area contributed by atoms with Gasteiger partial charge in [0.25, 0.3) is 0 Å². The van der Waals surface area contributed by atoms with Crippen molar-refractivity contribution in [3.8, 4) is 5.75 Å². The molecule has 1 atom stereocenters. The lowest BCUT2D eigenvalue weighted by Gasteiger charge is -2.35. The number of hydrogen-bond acceptors (Lipinski definition) is 3. The Balaban J connectivity index is 1.60. The second-order valence-electron chi connectivity index (χ2n) is 6.22. The fourth-order valence-corrected chi connectivity index (χ4v) is 3.20. The number of phenols is 1. The third-order valence-electron chi connectivity index (χ3n) is 4.50. The van der Waals surface area contributed by atoms with Crippen LogP contribution in [0.1, 0.15) is 31.2 Å². The number of hydrogen-bond donors (Lipinski definition) is 2. The maximum atomic E-state index is 12.6. The highest BCUT2D eigenvalue weighted by Gasteiger charge is 2.26. The monoisotopic (exact) mass is 325 g/mol. The number of nitrogens with one attached hydrogen (secondary N) is 1. The van der Waals surface area contributed by atoms with Gasteiger partial charge in [0.1, 0.15) is 5.75 Å². The number of anilines is 1. The molecule has 1 aromatic carbocycles. The van der Waals surface area contributed by atoms with Crippen LogP contribution in [0.5, 0.6) is 5.75 Å². The molecular weight excluding hydrogens is 302 g/mol. The van der Waals surface area contributed by atoms with E-state index in [0.29, 0.717) is 0 Å². The van der Waals surface area contributed by atoms with Crippen molar-refractivity contribution in [2.45, 2.75) is 38.1 Å². The van der Waals surface area contributed by atoms with Gasteiger partial charge >= 0.3 is 6.03 Å². The van der Waals surface area contributed by atoms with E-state index in [2.05, 4.69) is 10.3 Å². The molecule has 5 nitrogen and oxygen atoms in total. The number of carbonyl (C=O) groups is 1.